The van der Waals surface area contributed by atoms with E-state index in [1.54, 1.807) is 6.20 Å². The third-order valence-corrected chi connectivity index (χ3v) is 5.65. The molecule has 3 rings (SSSR count). The lowest BCUT2D eigenvalue weighted by atomic mass is 9.85. The largest absolute Gasteiger partial charge is 0.480 e. The van der Waals surface area contributed by atoms with E-state index in [2.05, 4.69) is 24.3 Å². The molecule has 0 bridgehead atoms. The van der Waals surface area contributed by atoms with Crippen LogP contribution in [0.2, 0.25) is 0 Å². The standard InChI is InChI=1S/C22H30N4O3/c1-5-25(13-20(27)28)17-10-16(11-17)24-22(29)18-12-23-26(21(18)14(2)3)19-9-7-6-8-15(19)4/h6-9,12,14,16-17H,5,10-11,13H2,1-4H3,(H,24,29)(H,27,28). The smallest absolute Gasteiger partial charge is 0.317 e. The Morgan fingerprint density at radius 3 is 2.59 bits per heavy atom. The number of nitrogens with one attached hydrogen (secondary N) is 1. The van der Waals surface area contributed by atoms with Gasteiger partial charge in [0.15, 0.2) is 0 Å². The number of carbonyl (C=O) groups excluding carboxylic acids is 1. The van der Waals surface area contributed by atoms with Gasteiger partial charge in [-0.1, -0.05) is 39.0 Å². The van der Waals surface area contributed by atoms with Gasteiger partial charge in [0, 0.05) is 12.1 Å². The molecule has 2 N–H and O–H groups in total. The van der Waals surface area contributed by atoms with Crippen molar-refractivity contribution in [2.75, 3.05) is 13.1 Å². The molecule has 1 heterocycles. The molecule has 1 amide bonds. The first-order valence-corrected chi connectivity index (χ1v) is 10.2. The second-order valence-electron chi connectivity index (χ2n) is 8.05. The van der Waals surface area contributed by atoms with Gasteiger partial charge in [-0.3, -0.25) is 14.5 Å². The zero-order chi connectivity index (χ0) is 21.1. The molecule has 0 aliphatic heterocycles. The third-order valence-electron chi connectivity index (χ3n) is 5.65. The molecule has 0 atom stereocenters. The van der Waals surface area contributed by atoms with E-state index in [0.717, 1.165) is 29.8 Å². The van der Waals surface area contributed by atoms with Gasteiger partial charge in [0.1, 0.15) is 0 Å². The van der Waals surface area contributed by atoms with Crippen LogP contribution in [0.25, 0.3) is 5.69 Å². The van der Waals surface area contributed by atoms with Crippen LogP contribution in [-0.4, -0.2) is 56.8 Å². The van der Waals surface area contributed by atoms with Crippen LogP contribution in [0.3, 0.4) is 0 Å². The Kier molecular flexibility index (Phi) is 6.37. The Bertz CT molecular complexity index is 884. The molecule has 1 aromatic carbocycles. The molecule has 0 spiro atoms. The van der Waals surface area contributed by atoms with Crippen LogP contribution in [0, 0.1) is 6.92 Å². The van der Waals surface area contributed by atoms with E-state index in [9.17, 15) is 9.59 Å². The molecule has 29 heavy (non-hydrogen) atoms. The van der Waals surface area contributed by atoms with Gasteiger partial charge < -0.3 is 10.4 Å². The summed E-state index contributed by atoms with van der Waals surface area (Å²) in [6, 6.07) is 8.28. The van der Waals surface area contributed by atoms with E-state index >= 15 is 0 Å². The summed E-state index contributed by atoms with van der Waals surface area (Å²) in [4.78, 5) is 25.9. The predicted octanol–water partition coefficient (Wildman–Crippen LogP) is 2.97. The van der Waals surface area contributed by atoms with Crippen LogP contribution < -0.4 is 5.32 Å². The molecule has 1 aliphatic rings. The van der Waals surface area contributed by atoms with Crippen molar-refractivity contribution in [2.45, 2.75) is 58.5 Å². The number of hydrogen-bond donors (Lipinski definition) is 2. The lowest BCUT2D eigenvalue weighted by Crippen LogP contribution is -2.54. The number of aryl methyl sites for hydroxylation is 1. The highest BCUT2D eigenvalue weighted by Crippen LogP contribution is 2.28. The number of amides is 1. The number of hydrogen-bond acceptors (Lipinski definition) is 4. The average Bonchev–Trinajstić information content (AvgIpc) is 3.08. The summed E-state index contributed by atoms with van der Waals surface area (Å²) in [6.45, 7) is 8.86. The topological polar surface area (TPSA) is 87.5 Å². The minimum absolute atomic E-state index is 0.0442. The predicted molar refractivity (Wildman–Crippen MR) is 112 cm³/mol. The molecule has 0 unspecified atom stereocenters. The number of aromatic nitrogens is 2. The maximum absolute atomic E-state index is 13.0. The fraction of sp³-hybridized carbons (Fsp3) is 0.500. The maximum atomic E-state index is 13.0. The first-order valence-electron chi connectivity index (χ1n) is 10.2. The summed E-state index contributed by atoms with van der Waals surface area (Å²) in [5.74, 6) is -0.791. The monoisotopic (exact) mass is 398 g/mol. The van der Waals surface area contributed by atoms with Crippen molar-refractivity contribution >= 4 is 11.9 Å². The van der Waals surface area contributed by atoms with Crippen LogP contribution in [0.5, 0.6) is 0 Å². The van der Waals surface area contributed by atoms with Gasteiger partial charge in [-0.2, -0.15) is 5.10 Å². The number of carboxylic acids is 1. The third kappa shape index (κ3) is 4.50. The number of benzene rings is 1. The summed E-state index contributed by atoms with van der Waals surface area (Å²) in [5.41, 5.74) is 3.58. The summed E-state index contributed by atoms with van der Waals surface area (Å²) in [7, 11) is 0. The van der Waals surface area contributed by atoms with Crippen molar-refractivity contribution < 1.29 is 14.7 Å². The van der Waals surface area contributed by atoms with Crippen molar-refractivity contribution in [2.24, 2.45) is 0 Å². The van der Waals surface area contributed by atoms with Crippen LogP contribution in [0.1, 0.15) is 61.1 Å². The fourth-order valence-electron chi connectivity index (χ4n) is 4.02. The summed E-state index contributed by atoms with van der Waals surface area (Å²) in [6.07, 6.45) is 3.20. The minimum atomic E-state index is -0.815. The highest BCUT2D eigenvalue weighted by molar-refractivity contribution is 5.95. The highest BCUT2D eigenvalue weighted by atomic mass is 16.4. The summed E-state index contributed by atoms with van der Waals surface area (Å²) < 4.78 is 1.87. The van der Waals surface area contributed by atoms with E-state index in [1.807, 2.05) is 47.7 Å². The number of nitrogens with zero attached hydrogens (tertiary/aromatic N) is 3. The van der Waals surface area contributed by atoms with Crippen molar-refractivity contribution in [3.63, 3.8) is 0 Å². The zero-order valence-corrected chi connectivity index (χ0v) is 17.6. The first kappa shape index (κ1) is 21.0. The van der Waals surface area contributed by atoms with Gasteiger partial charge in [0.05, 0.1) is 29.7 Å². The number of rotatable bonds is 8. The number of para-hydroxylation sites is 1. The SMILES string of the molecule is CCN(CC(=O)O)C1CC(NC(=O)c2cnn(-c3ccccc3C)c2C(C)C)C1. The number of carbonyl (C=O) groups is 2. The molecule has 0 saturated heterocycles. The van der Waals surface area contributed by atoms with Crippen LogP contribution in [-0.2, 0) is 4.79 Å². The van der Waals surface area contributed by atoms with Crippen LogP contribution in [0.15, 0.2) is 30.5 Å². The van der Waals surface area contributed by atoms with Crippen LogP contribution >= 0.6 is 0 Å². The van der Waals surface area contributed by atoms with Crippen molar-refractivity contribution in [3.8, 4) is 5.69 Å². The summed E-state index contributed by atoms with van der Waals surface area (Å²) in [5, 5.41) is 16.6. The minimum Gasteiger partial charge on any atom is -0.480 e. The average molecular weight is 399 g/mol. The van der Waals surface area contributed by atoms with Gasteiger partial charge in [-0.15, -0.1) is 0 Å². The maximum Gasteiger partial charge on any atom is 0.317 e. The molecule has 1 aromatic heterocycles. The van der Waals surface area contributed by atoms with Gasteiger partial charge in [0.2, 0.25) is 0 Å². The van der Waals surface area contributed by atoms with E-state index in [0.29, 0.717) is 12.1 Å². The number of carboxylic acid groups (broad SMARTS) is 1. The van der Waals surface area contributed by atoms with Gasteiger partial charge in [-0.25, -0.2) is 4.68 Å². The van der Waals surface area contributed by atoms with Crippen molar-refractivity contribution in [1.29, 1.82) is 0 Å². The Morgan fingerprint density at radius 1 is 1.31 bits per heavy atom. The molecule has 1 aliphatic carbocycles. The van der Waals surface area contributed by atoms with E-state index in [-0.39, 0.29) is 30.5 Å². The Morgan fingerprint density at radius 2 is 2.00 bits per heavy atom. The molecule has 1 saturated carbocycles. The molecular weight excluding hydrogens is 368 g/mol. The van der Waals surface area contributed by atoms with Crippen molar-refractivity contribution in [3.05, 3.63) is 47.3 Å². The molecule has 7 nitrogen and oxygen atoms in total. The molecular formula is C22H30N4O3. The number of likely N-dealkylation sites (N-methyl/N-ethyl adjacent to an activating group) is 1. The van der Waals surface area contributed by atoms with Crippen LogP contribution in [0.4, 0.5) is 0 Å². The number of aliphatic carboxylic acids is 1. The normalized spacial score (nSPS) is 18.7. The first-order chi connectivity index (χ1) is 13.8. The Labute approximate surface area is 171 Å². The molecule has 0 radical (unpaired) electrons. The molecule has 2 aromatic rings. The molecule has 1 fully saturated rings. The van der Waals surface area contributed by atoms with E-state index < -0.39 is 5.97 Å². The van der Waals surface area contributed by atoms with Gasteiger partial charge >= 0.3 is 5.97 Å². The second kappa shape index (κ2) is 8.78. The van der Waals surface area contributed by atoms with E-state index in [4.69, 9.17) is 5.11 Å². The quantitative estimate of drug-likeness (QED) is 0.714. The lowest BCUT2D eigenvalue weighted by Gasteiger charge is -2.42. The Balaban J connectivity index is 1.71. The zero-order valence-electron chi connectivity index (χ0n) is 17.6. The van der Waals surface area contributed by atoms with E-state index in [1.165, 1.54) is 0 Å². The highest BCUT2D eigenvalue weighted by Gasteiger charge is 2.35. The molecule has 156 valence electrons. The van der Waals surface area contributed by atoms with Gasteiger partial charge in [0.25, 0.3) is 5.91 Å². The molecule has 7 heteroatoms. The second-order valence-corrected chi connectivity index (χ2v) is 8.05. The van der Waals surface area contributed by atoms with Crippen molar-refractivity contribution in [1.82, 2.24) is 20.0 Å². The van der Waals surface area contributed by atoms with Gasteiger partial charge in [-0.05, 0) is 43.9 Å². The Hall–Kier alpha value is -2.67. The summed E-state index contributed by atoms with van der Waals surface area (Å²) >= 11 is 0. The lowest BCUT2D eigenvalue weighted by molar-refractivity contribution is -0.139. The fourth-order valence-corrected chi connectivity index (χ4v) is 4.02.